The lowest BCUT2D eigenvalue weighted by Crippen LogP contribution is -2.59. The van der Waals surface area contributed by atoms with Crippen molar-refractivity contribution < 1.29 is 9.53 Å². The zero-order chi connectivity index (χ0) is 14.8. The number of aryl methyl sites for hydroxylation is 1. The van der Waals surface area contributed by atoms with Crippen LogP contribution in [0.1, 0.15) is 11.8 Å². The molecule has 1 N–H and O–H groups in total. The summed E-state index contributed by atoms with van der Waals surface area (Å²) in [4.78, 5) is 22.4. The molecule has 0 unspecified atom stereocenters. The van der Waals surface area contributed by atoms with Gasteiger partial charge in [-0.15, -0.1) is 36.2 Å². The fourth-order valence-corrected chi connectivity index (χ4v) is 3.62. The molecule has 0 aliphatic carbocycles. The van der Waals surface area contributed by atoms with Gasteiger partial charge in [0.05, 0.1) is 12.7 Å². The number of amides is 1. The summed E-state index contributed by atoms with van der Waals surface area (Å²) in [6.45, 7) is 8.66. The van der Waals surface area contributed by atoms with Crippen molar-refractivity contribution in [2.45, 2.75) is 26.0 Å². The van der Waals surface area contributed by atoms with Crippen LogP contribution in [-0.2, 0) is 9.53 Å². The lowest BCUT2D eigenvalue weighted by Gasteiger charge is -2.38. The zero-order valence-electron chi connectivity index (χ0n) is 13.4. The molecule has 1 aromatic heterocycles. The summed E-state index contributed by atoms with van der Waals surface area (Å²) >= 11 is 1.71. The molecule has 2 aliphatic heterocycles. The summed E-state index contributed by atoms with van der Waals surface area (Å²) < 4.78 is 5.57. The Bertz CT molecular complexity index is 509. The van der Waals surface area contributed by atoms with Gasteiger partial charge in [0.15, 0.2) is 5.13 Å². The van der Waals surface area contributed by atoms with Crippen molar-refractivity contribution in [1.82, 2.24) is 15.2 Å². The molecule has 1 aromatic rings. The van der Waals surface area contributed by atoms with Gasteiger partial charge in [0, 0.05) is 43.8 Å². The van der Waals surface area contributed by atoms with Gasteiger partial charge in [0.2, 0.25) is 5.91 Å². The van der Waals surface area contributed by atoms with Gasteiger partial charge in [-0.2, -0.15) is 0 Å². The number of rotatable bonds is 2. The number of piperazine rings is 1. The average molecular weight is 383 g/mol. The smallest absolute Gasteiger partial charge is 0.242 e. The SMILES string of the molecule is Cc1cnc(N2CCN(C(=O)[C@H]3NCCO[C@@H]3C)CC2)s1.Cl.Cl. The molecule has 2 saturated heterocycles. The molecule has 0 saturated carbocycles. The number of nitrogens with zero attached hydrogens (tertiary/aromatic N) is 3. The largest absolute Gasteiger partial charge is 0.375 e. The minimum atomic E-state index is -0.201. The first-order valence-electron chi connectivity index (χ1n) is 7.46. The van der Waals surface area contributed by atoms with Gasteiger partial charge in [-0.05, 0) is 13.8 Å². The Morgan fingerprint density at radius 3 is 2.61 bits per heavy atom. The number of carbonyl (C=O) groups excluding carboxylic acids is 1. The summed E-state index contributed by atoms with van der Waals surface area (Å²) in [5, 5.41) is 4.33. The van der Waals surface area contributed by atoms with Crippen LogP contribution >= 0.6 is 36.2 Å². The summed E-state index contributed by atoms with van der Waals surface area (Å²) in [5.74, 6) is 0.164. The first-order chi connectivity index (χ1) is 10.1. The van der Waals surface area contributed by atoms with Crippen molar-refractivity contribution in [3.63, 3.8) is 0 Å². The molecule has 132 valence electrons. The molecule has 0 aromatic carbocycles. The van der Waals surface area contributed by atoms with E-state index < -0.39 is 0 Å². The topological polar surface area (TPSA) is 57.7 Å². The molecule has 0 radical (unpaired) electrons. The van der Waals surface area contributed by atoms with Crippen molar-refractivity contribution >= 4 is 47.2 Å². The fourth-order valence-electron chi connectivity index (χ4n) is 2.81. The number of ether oxygens (including phenoxy) is 1. The number of halogens is 2. The molecule has 2 aliphatic rings. The van der Waals surface area contributed by atoms with E-state index in [-0.39, 0.29) is 42.9 Å². The number of hydrogen-bond donors (Lipinski definition) is 1. The van der Waals surface area contributed by atoms with Gasteiger partial charge < -0.3 is 19.9 Å². The van der Waals surface area contributed by atoms with Gasteiger partial charge >= 0.3 is 0 Å². The van der Waals surface area contributed by atoms with Crippen LogP contribution < -0.4 is 10.2 Å². The number of morpholine rings is 1. The second-order valence-corrected chi connectivity index (χ2v) is 6.79. The zero-order valence-corrected chi connectivity index (χ0v) is 15.8. The molecule has 23 heavy (non-hydrogen) atoms. The first kappa shape index (κ1) is 20.4. The molecular weight excluding hydrogens is 359 g/mol. The van der Waals surface area contributed by atoms with Crippen molar-refractivity contribution in [2.75, 3.05) is 44.2 Å². The standard InChI is InChI=1S/C14H22N4O2S.2ClH/c1-10-9-16-14(21-10)18-6-4-17(5-7-18)13(19)12-11(2)20-8-3-15-12;;/h9,11-12,15H,3-8H2,1-2H3;2*1H/t11-,12+;;/m1../s1. The number of carbonyl (C=O) groups is 1. The van der Waals surface area contributed by atoms with Crippen LogP contribution in [0.2, 0.25) is 0 Å². The highest BCUT2D eigenvalue weighted by atomic mass is 35.5. The van der Waals surface area contributed by atoms with Gasteiger partial charge in [0.25, 0.3) is 0 Å². The maximum absolute atomic E-state index is 12.6. The summed E-state index contributed by atoms with van der Waals surface area (Å²) in [5.41, 5.74) is 0. The maximum atomic E-state index is 12.6. The highest BCUT2D eigenvalue weighted by molar-refractivity contribution is 7.15. The normalized spacial score (nSPS) is 24.6. The van der Waals surface area contributed by atoms with Crippen LogP contribution in [0.15, 0.2) is 6.20 Å². The highest BCUT2D eigenvalue weighted by Crippen LogP contribution is 2.23. The maximum Gasteiger partial charge on any atom is 0.242 e. The van der Waals surface area contributed by atoms with E-state index in [2.05, 4.69) is 22.1 Å². The quantitative estimate of drug-likeness (QED) is 0.835. The van der Waals surface area contributed by atoms with Crippen molar-refractivity contribution in [2.24, 2.45) is 0 Å². The molecule has 0 spiro atoms. The monoisotopic (exact) mass is 382 g/mol. The Morgan fingerprint density at radius 2 is 2.04 bits per heavy atom. The van der Waals surface area contributed by atoms with Crippen molar-refractivity contribution in [3.8, 4) is 0 Å². The van der Waals surface area contributed by atoms with Crippen molar-refractivity contribution in [1.29, 1.82) is 0 Å². The predicted octanol–water partition coefficient (Wildman–Crippen LogP) is 1.32. The van der Waals surface area contributed by atoms with E-state index in [1.165, 1.54) is 4.88 Å². The van der Waals surface area contributed by atoms with Crippen LogP contribution in [0.3, 0.4) is 0 Å². The van der Waals surface area contributed by atoms with Crippen LogP contribution in [0, 0.1) is 6.92 Å². The first-order valence-corrected chi connectivity index (χ1v) is 8.28. The molecule has 3 heterocycles. The molecule has 6 nitrogen and oxygen atoms in total. The Labute approximate surface area is 153 Å². The van der Waals surface area contributed by atoms with E-state index in [0.29, 0.717) is 6.61 Å². The third kappa shape index (κ3) is 4.70. The van der Waals surface area contributed by atoms with E-state index in [0.717, 1.165) is 37.9 Å². The minimum Gasteiger partial charge on any atom is -0.375 e. The van der Waals surface area contributed by atoms with Crippen LogP contribution in [0.4, 0.5) is 5.13 Å². The lowest BCUT2D eigenvalue weighted by molar-refractivity contribution is -0.139. The number of aromatic nitrogens is 1. The summed E-state index contributed by atoms with van der Waals surface area (Å²) in [6.07, 6.45) is 1.86. The van der Waals surface area contributed by atoms with Gasteiger partial charge in [-0.3, -0.25) is 4.79 Å². The molecule has 2 atom stereocenters. The number of anilines is 1. The second-order valence-electron chi connectivity index (χ2n) is 5.57. The molecule has 0 bridgehead atoms. The Balaban J connectivity index is 0.00000132. The summed E-state index contributed by atoms with van der Waals surface area (Å²) in [6, 6.07) is -0.201. The van der Waals surface area contributed by atoms with Gasteiger partial charge in [0.1, 0.15) is 6.04 Å². The van der Waals surface area contributed by atoms with Gasteiger partial charge in [-0.1, -0.05) is 0 Å². The Kier molecular flexibility index (Phi) is 8.03. The third-order valence-corrected chi connectivity index (χ3v) is 5.03. The number of nitrogens with one attached hydrogen (secondary N) is 1. The lowest BCUT2D eigenvalue weighted by atomic mass is 10.1. The summed E-state index contributed by atoms with van der Waals surface area (Å²) in [7, 11) is 0. The molecule has 2 fully saturated rings. The third-order valence-electron chi connectivity index (χ3n) is 4.05. The van der Waals surface area contributed by atoms with Gasteiger partial charge in [-0.25, -0.2) is 4.98 Å². The van der Waals surface area contributed by atoms with Crippen LogP contribution in [0.5, 0.6) is 0 Å². The molecular formula is C14H24Cl2N4O2S. The fraction of sp³-hybridized carbons (Fsp3) is 0.714. The van der Waals surface area contributed by atoms with E-state index in [4.69, 9.17) is 4.74 Å². The van der Waals surface area contributed by atoms with Crippen LogP contribution in [-0.4, -0.2) is 67.3 Å². The van der Waals surface area contributed by atoms with E-state index in [9.17, 15) is 4.79 Å². The number of hydrogen-bond acceptors (Lipinski definition) is 6. The molecule has 1 amide bonds. The van der Waals surface area contributed by atoms with E-state index in [1.54, 1.807) is 11.3 Å². The Hall–Kier alpha value is -0.600. The van der Waals surface area contributed by atoms with Crippen molar-refractivity contribution in [3.05, 3.63) is 11.1 Å². The minimum absolute atomic E-state index is 0. The number of thiazole rings is 1. The average Bonchev–Trinajstić information content (AvgIpc) is 2.94. The second kappa shape index (κ2) is 9.03. The van der Waals surface area contributed by atoms with E-state index in [1.807, 2.05) is 18.0 Å². The molecule has 3 rings (SSSR count). The van der Waals surface area contributed by atoms with E-state index >= 15 is 0 Å². The Morgan fingerprint density at radius 1 is 1.35 bits per heavy atom. The van der Waals surface area contributed by atoms with Crippen LogP contribution in [0.25, 0.3) is 0 Å². The highest BCUT2D eigenvalue weighted by Gasteiger charge is 2.33. The predicted molar refractivity (Wildman–Crippen MR) is 97.3 cm³/mol. The molecule has 9 heteroatoms.